The summed E-state index contributed by atoms with van der Waals surface area (Å²) >= 11 is 0. The predicted octanol–water partition coefficient (Wildman–Crippen LogP) is 1.20. The average Bonchev–Trinajstić information content (AvgIpc) is 2.67. The van der Waals surface area contributed by atoms with Crippen molar-refractivity contribution in [2.75, 3.05) is 38.7 Å². The highest BCUT2D eigenvalue weighted by Gasteiger charge is 2.14. The summed E-state index contributed by atoms with van der Waals surface area (Å²) in [5.74, 6) is 0.165. The van der Waals surface area contributed by atoms with Crippen molar-refractivity contribution < 1.29 is 22.7 Å². The van der Waals surface area contributed by atoms with Crippen LogP contribution in [0.2, 0.25) is 0 Å². The molecule has 0 aliphatic heterocycles. The number of ether oxygens (including phenoxy) is 2. The summed E-state index contributed by atoms with van der Waals surface area (Å²) in [5.41, 5.74) is 6.07. The molecular formula is C18H23N3O5S. The van der Waals surface area contributed by atoms with Crippen molar-refractivity contribution in [2.24, 2.45) is 5.73 Å². The molecule has 4 N–H and O–H groups in total. The van der Waals surface area contributed by atoms with E-state index in [1.807, 2.05) is 0 Å². The third-order valence-electron chi connectivity index (χ3n) is 3.49. The van der Waals surface area contributed by atoms with Gasteiger partial charge in [-0.15, -0.1) is 0 Å². The quantitative estimate of drug-likeness (QED) is 0.522. The Bertz CT molecular complexity index is 871. The van der Waals surface area contributed by atoms with E-state index in [0.29, 0.717) is 30.2 Å². The lowest BCUT2D eigenvalue weighted by Gasteiger charge is -2.10. The van der Waals surface area contributed by atoms with Crippen molar-refractivity contribution in [3.63, 3.8) is 0 Å². The zero-order chi connectivity index (χ0) is 19.7. The number of anilines is 1. The van der Waals surface area contributed by atoms with E-state index in [1.54, 1.807) is 43.5 Å². The summed E-state index contributed by atoms with van der Waals surface area (Å²) in [6, 6.07) is 12.7. The minimum absolute atomic E-state index is 0.0467. The van der Waals surface area contributed by atoms with Crippen LogP contribution in [-0.2, 0) is 14.8 Å². The number of hydrogen-bond acceptors (Lipinski definition) is 6. The van der Waals surface area contributed by atoms with E-state index in [9.17, 15) is 13.2 Å². The van der Waals surface area contributed by atoms with Crippen LogP contribution >= 0.6 is 0 Å². The van der Waals surface area contributed by atoms with Crippen LogP contribution in [0.3, 0.4) is 0 Å². The first-order valence-electron chi connectivity index (χ1n) is 8.29. The number of carbonyl (C=O) groups excluding carboxylic acids is 1. The Balaban J connectivity index is 2.10. The fourth-order valence-corrected chi connectivity index (χ4v) is 3.28. The second-order valence-corrected chi connectivity index (χ2v) is 7.30. The number of methoxy groups -OCH3 is 1. The number of nitrogens with one attached hydrogen (secondary N) is 2. The molecule has 0 aromatic heterocycles. The zero-order valence-corrected chi connectivity index (χ0v) is 15.8. The molecule has 1 amide bonds. The average molecular weight is 393 g/mol. The SMILES string of the molecule is COCCOc1cccc(C(=O)Nc2cccc(S(=O)(=O)NCCN)c2)c1. The van der Waals surface area contributed by atoms with Crippen molar-refractivity contribution in [3.05, 3.63) is 54.1 Å². The van der Waals surface area contributed by atoms with E-state index in [2.05, 4.69) is 10.0 Å². The molecule has 0 saturated carbocycles. The van der Waals surface area contributed by atoms with Crippen LogP contribution in [0, 0.1) is 0 Å². The lowest BCUT2D eigenvalue weighted by molar-refractivity contribution is 0.102. The molecule has 0 spiro atoms. The Morgan fingerprint density at radius 3 is 2.63 bits per heavy atom. The van der Waals surface area contributed by atoms with E-state index in [4.69, 9.17) is 15.2 Å². The Morgan fingerprint density at radius 1 is 1.11 bits per heavy atom. The standard InChI is InChI=1S/C18H23N3O5S/c1-25-10-11-26-16-6-2-4-14(12-16)18(22)21-15-5-3-7-17(13-15)27(23,24)20-9-8-19/h2-7,12-13,20H,8-11,19H2,1H3,(H,21,22). The Hall–Kier alpha value is -2.46. The molecule has 0 heterocycles. The fourth-order valence-electron chi connectivity index (χ4n) is 2.19. The van der Waals surface area contributed by atoms with E-state index >= 15 is 0 Å². The van der Waals surface area contributed by atoms with E-state index < -0.39 is 10.0 Å². The van der Waals surface area contributed by atoms with Gasteiger partial charge in [-0.05, 0) is 36.4 Å². The third kappa shape index (κ3) is 6.33. The van der Waals surface area contributed by atoms with Gasteiger partial charge in [0.2, 0.25) is 10.0 Å². The van der Waals surface area contributed by atoms with Crippen molar-refractivity contribution in [1.82, 2.24) is 4.72 Å². The van der Waals surface area contributed by atoms with Crippen molar-refractivity contribution in [2.45, 2.75) is 4.90 Å². The van der Waals surface area contributed by atoms with Crippen molar-refractivity contribution in [3.8, 4) is 5.75 Å². The van der Waals surface area contributed by atoms with Crippen LogP contribution in [0.15, 0.2) is 53.4 Å². The number of hydrogen-bond donors (Lipinski definition) is 3. The molecule has 0 saturated heterocycles. The molecule has 0 bridgehead atoms. The smallest absolute Gasteiger partial charge is 0.255 e. The van der Waals surface area contributed by atoms with Crippen LogP contribution < -0.4 is 20.5 Å². The number of rotatable bonds is 10. The van der Waals surface area contributed by atoms with Gasteiger partial charge in [-0.3, -0.25) is 4.79 Å². The predicted molar refractivity (Wildman–Crippen MR) is 102 cm³/mol. The Labute approximate surface area is 158 Å². The first-order valence-corrected chi connectivity index (χ1v) is 9.77. The minimum atomic E-state index is -3.68. The monoisotopic (exact) mass is 393 g/mol. The number of amides is 1. The maximum atomic E-state index is 12.5. The number of benzene rings is 2. The minimum Gasteiger partial charge on any atom is -0.491 e. The zero-order valence-electron chi connectivity index (χ0n) is 15.0. The van der Waals surface area contributed by atoms with Gasteiger partial charge in [0.05, 0.1) is 11.5 Å². The summed E-state index contributed by atoms with van der Waals surface area (Å²) < 4.78 is 37.1. The first-order chi connectivity index (χ1) is 13.0. The fraction of sp³-hybridized carbons (Fsp3) is 0.278. The van der Waals surface area contributed by atoms with Crippen LogP contribution in [0.1, 0.15) is 10.4 Å². The summed E-state index contributed by atoms with van der Waals surface area (Å²) in [7, 11) is -2.10. The Morgan fingerprint density at radius 2 is 1.89 bits per heavy atom. The molecular weight excluding hydrogens is 370 g/mol. The highest BCUT2D eigenvalue weighted by Crippen LogP contribution is 2.18. The maximum Gasteiger partial charge on any atom is 0.255 e. The van der Waals surface area contributed by atoms with E-state index in [-0.39, 0.29) is 23.9 Å². The molecule has 146 valence electrons. The summed E-state index contributed by atoms with van der Waals surface area (Å²) in [6.07, 6.45) is 0. The molecule has 0 unspecified atom stereocenters. The van der Waals surface area contributed by atoms with Crippen molar-refractivity contribution >= 4 is 21.6 Å². The van der Waals surface area contributed by atoms with Gasteiger partial charge in [0, 0.05) is 31.5 Å². The molecule has 8 nitrogen and oxygen atoms in total. The summed E-state index contributed by atoms with van der Waals surface area (Å²) in [5, 5.41) is 2.69. The molecule has 27 heavy (non-hydrogen) atoms. The Kier molecular flexibility index (Phi) is 7.74. The normalized spacial score (nSPS) is 11.2. The lowest BCUT2D eigenvalue weighted by atomic mass is 10.2. The molecule has 0 aliphatic rings. The van der Waals surface area contributed by atoms with Crippen LogP contribution in [0.4, 0.5) is 5.69 Å². The van der Waals surface area contributed by atoms with Gasteiger partial charge in [0.15, 0.2) is 0 Å². The number of nitrogens with two attached hydrogens (primary N) is 1. The van der Waals surface area contributed by atoms with Gasteiger partial charge in [0.25, 0.3) is 5.91 Å². The summed E-state index contributed by atoms with van der Waals surface area (Å²) in [4.78, 5) is 12.5. The molecule has 0 aliphatic carbocycles. The highest BCUT2D eigenvalue weighted by atomic mass is 32.2. The highest BCUT2D eigenvalue weighted by molar-refractivity contribution is 7.89. The number of sulfonamides is 1. The molecule has 2 aromatic rings. The lowest BCUT2D eigenvalue weighted by Crippen LogP contribution is -2.29. The number of carbonyl (C=O) groups is 1. The van der Waals surface area contributed by atoms with Gasteiger partial charge < -0.3 is 20.5 Å². The summed E-state index contributed by atoms with van der Waals surface area (Å²) in [6.45, 7) is 1.14. The van der Waals surface area contributed by atoms with Crippen LogP contribution in [0.5, 0.6) is 5.75 Å². The molecule has 0 radical (unpaired) electrons. The maximum absolute atomic E-state index is 12.5. The van der Waals surface area contributed by atoms with Gasteiger partial charge in [-0.25, -0.2) is 13.1 Å². The van der Waals surface area contributed by atoms with E-state index in [0.717, 1.165) is 0 Å². The molecule has 2 aromatic carbocycles. The molecule has 0 fully saturated rings. The molecule has 0 atom stereocenters. The van der Waals surface area contributed by atoms with Crippen molar-refractivity contribution in [1.29, 1.82) is 0 Å². The first kappa shape index (κ1) is 20.8. The van der Waals surface area contributed by atoms with Gasteiger partial charge >= 0.3 is 0 Å². The van der Waals surface area contributed by atoms with Gasteiger partial charge in [-0.2, -0.15) is 0 Å². The third-order valence-corrected chi connectivity index (χ3v) is 4.95. The van der Waals surface area contributed by atoms with Crippen LogP contribution in [-0.4, -0.2) is 47.7 Å². The second-order valence-electron chi connectivity index (χ2n) is 5.54. The topological polar surface area (TPSA) is 120 Å². The molecule has 2 rings (SSSR count). The van der Waals surface area contributed by atoms with Gasteiger partial charge in [0.1, 0.15) is 12.4 Å². The molecule has 9 heteroatoms. The van der Waals surface area contributed by atoms with Crippen LogP contribution in [0.25, 0.3) is 0 Å². The van der Waals surface area contributed by atoms with E-state index in [1.165, 1.54) is 12.1 Å². The largest absolute Gasteiger partial charge is 0.491 e. The second kappa shape index (κ2) is 10.0. The van der Waals surface area contributed by atoms with Gasteiger partial charge in [-0.1, -0.05) is 12.1 Å².